The van der Waals surface area contributed by atoms with Gasteiger partial charge >= 0.3 is 5.97 Å². The second-order valence-corrected chi connectivity index (χ2v) is 7.57. The largest absolute Gasteiger partial charge is 0.493 e. The molecule has 3 rings (SSSR count). The number of ether oxygens (including phenoxy) is 2. The summed E-state index contributed by atoms with van der Waals surface area (Å²) >= 11 is 1.87. The van der Waals surface area contributed by atoms with E-state index >= 15 is 0 Å². The molecule has 1 heterocycles. The van der Waals surface area contributed by atoms with Crippen LogP contribution in [0.3, 0.4) is 0 Å². The second kappa shape index (κ2) is 8.84. The number of amides is 1. The molecule has 2 aromatic rings. The van der Waals surface area contributed by atoms with Gasteiger partial charge in [0, 0.05) is 6.92 Å². The molecule has 6 nitrogen and oxygen atoms in total. The quantitative estimate of drug-likeness (QED) is 0.102. The minimum absolute atomic E-state index is 0.0306. The number of carbonyl (C=O) groups is 2. The van der Waals surface area contributed by atoms with Crippen LogP contribution in [0, 0.1) is 32.7 Å². The van der Waals surface area contributed by atoms with Crippen LogP contribution in [0.4, 0.5) is 27.6 Å². The number of halogens is 6. The van der Waals surface area contributed by atoms with Gasteiger partial charge in [-0.15, -0.1) is 0 Å². The Labute approximate surface area is 191 Å². The summed E-state index contributed by atoms with van der Waals surface area (Å²) in [6, 6.07) is 2.95. The standard InChI is InChI=1S/C20H12F5IN2O4/c1-7-10(4-9-5-11(26)19(32-8(2)29)12(6-9)31-3)20(30)28(27-7)18-16(24)14(22)13(21)15(23)17(18)25/h4-6H,1-3H3/b10-4-. The molecule has 0 N–H and O–H groups in total. The van der Waals surface area contributed by atoms with Gasteiger partial charge in [0.2, 0.25) is 5.82 Å². The van der Waals surface area contributed by atoms with Crippen LogP contribution >= 0.6 is 22.6 Å². The summed E-state index contributed by atoms with van der Waals surface area (Å²) in [6.45, 7) is 2.53. The molecule has 0 aliphatic carbocycles. The van der Waals surface area contributed by atoms with Crippen LogP contribution in [0.5, 0.6) is 11.5 Å². The lowest BCUT2D eigenvalue weighted by Crippen LogP contribution is -2.25. The molecular weight excluding hydrogens is 554 g/mol. The molecule has 1 aliphatic heterocycles. The Morgan fingerprint density at radius 2 is 1.62 bits per heavy atom. The minimum Gasteiger partial charge on any atom is -0.493 e. The molecule has 2 aromatic carbocycles. The number of carbonyl (C=O) groups excluding carboxylic acids is 2. The Balaban J connectivity index is 2.07. The maximum absolute atomic E-state index is 14.1. The summed E-state index contributed by atoms with van der Waals surface area (Å²) < 4.78 is 79.5. The summed E-state index contributed by atoms with van der Waals surface area (Å²) in [4.78, 5) is 24.0. The van der Waals surface area contributed by atoms with E-state index in [1.54, 1.807) is 0 Å². The van der Waals surface area contributed by atoms with Crippen molar-refractivity contribution in [2.75, 3.05) is 12.1 Å². The van der Waals surface area contributed by atoms with Gasteiger partial charge in [0.05, 0.1) is 22.0 Å². The van der Waals surface area contributed by atoms with Gasteiger partial charge in [-0.1, -0.05) is 0 Å². The van der Waals surface area contributed by atoms with Crippen LogP contribution < -0.4 is 14.5 Å². The van der Waals surface area contributed by atoms with Gasteiger partial charge in [0.1, 0.15) is 5.69 Å². The minimum atomic E-state index is -2.35. The van der Waals surface area contributed by atoms with E-state index in [0.717, 1.165) is 0 Å². The van der Waals surface area contributed by atoms with Crippen LogP contribution in [0.1, 0.15) is 19.4 Å². The molecule has 0 spiro atoms. The molecular formula is C20H12F5IN2O4. The van der Waals surface area contributed by atoms with Crippen LogP contribution in [-0.4, -0.2) is 24.7 Å². The highest BCUT2D eigenvalue weighted by Crippen LogP contribution is 2.37. The zero-order chi connectivity index (χ0) is 23.9. The summed E-state index contributed by atoms with van der Waals surface area (Å²) in [5, 5.41) is 3.78. The monoisotopic (exact) mass is 566 g/mol. The van der Waals surface area contributed by atoms with Crippen LogP contribution in [-0.2, 0) is 9.59 Å². The van der Waals surface area contributed by atoms with Crippen LogP contribution in [0.2, 0.25) is 0 Å². The Hall–Kier alpha value is -3.03. The van der Waals surface area contributed by atoms with E-state index < -0.39 is 46.6 Å². The van der Waals surface area contributed by atoms with Gasteiger partial charge < -0.3 is 9.47 Å². The molecule has 32 heavy (non-hydrogen) atoms. The SMILES string of the molecule is COc1cc(/C=C2\C(=O)N(c3c(F)c(F)c(F)c(F)c3F)N=C2C)cc(I)c1OC(C)=O. The van der Waals surface area contributed by atoms with Gasteiger partial charge in [-0.25, -0.2) is 22.0 Å². The molecule has 0 aromatic heterocycles. The first-order valence-electron chi connectivity index (χ1n) is 8.67. The molecule has 0 atom stereocenters. The number of rotatable bonds is 4. The molecule has 1 aliphatic rings. The van der Waals surface area contributed by atoms with Crippen molar-refractivity contribution in [1.82, 2.24) is 0 Å². The van der Waals surface area contributed by atoms with Crippen molar-refractivity contribution in [3.63, 3.8) is 0 Å². The van der Waals surface area contributed by atoms with Gasteiger partial charge in [0.25, 0.3) is 5.91 Å². The first-order chi connectivity index (χ1) is 15.0. The van der Waals surface area contributed by atoms with E-state index in [0.29, 0.717) is 9.13 Å². The number of anilines is 1. The highest BCUT2D eigenvalue weighted by Gasteiger charge is 2.37. The maximum Gasteiger partial charge on any atom is 0.308 e. The van der Waals surface area contributed by atoms with E-state index in [2.05, 4.69) is 5.10 Å². The molecule has 0 unspecified atom stereocenters. The van der Waals surface area contributed by atoms with Crippen molar-refractivity contribution in [3.05, 3.63) is 55.9 Å². The number of hydrogen-bond acceptors (Lipinski definition) is 5. The lowest BCUT2D eigenvalue weighted by molar-refractivity contribution is -0.132. The number of methoxy groups -OCH3 is 1. The molecule has 0 radical (unpaired) electrons. The molecule has 0 saturated carbocycles. The zero-order valence-electron chi connectivity index (χ0n) is 16.5. The van der Waals surface area contributed by atoms with E-state index in [4.69, 9.17) is 9.47 Å². The number of hydrazone groups is 1. The molecule has 0 saturated heterocycles. The highest BCUT2D eigenvalue weighted by molar-refractivity contribution is 14.1. The molecule has 1 amide bonds. The Bertz CT molecular complexity index is 1200. The third-order valence-electron chi connectivity index (χ3n) is 4.27. The topological polar surface area (TPSA) is 68.2 Å². The number of esters is 1. The smallest absolute Gasteiger partial charge is 0.308 e. The predicted octanol–water partition coefficient (Wildman–Crippen LogP) is 4.73. The van der Waals surface area contributed by atoms with E-state index in [-0.39, 0.29) is 27.8 Å². The van der Waals surface area contributed by atoms with E-state index in [1.165, 1.54) is 39.2 Å². The number of benzene rings is 2. The highest BCUT2D eigenvalue weighted by atomic mass is 127. The summed E-state index contributed by atoms with van der Waals surface area (Å²) in [6.07, 6.45) is 1.29. The van der Waals surface area contributed by atoms with Gasteiger partial charge in [-0.2, -0.15) is 10.1 Å². The predicted molar refractivity (Wildman–Crippen MR) is 112 cm³/mol. The summed E-state index contributed by atoms with van der Waals surface area (Å²) in [5.74, 6) is -12.5. The normalized spacial score (nSPS) is 14.8. The van der Waals surface area contributed by atoms with Gasteiger partial charge in [0.15, 0.2) is 34.8 Å². The average Bonchev–Trinajstić information content (AvgIpc) is 3.00. The van der Waals surface area contributed by atoms with Crippen molar-refractivity contribution in [2.24, 2.45) is 5.10 Å². The Morgan fingerprint density at radius 1 is 1.06 bits per heavy atom. The fraction of sp³-hybridized carbons (Fsp3) is 0.150. The van der Waals surface area contributed by atoms with Crippen LogP contribution in [0.25, 0.3) is 6.08 Å². The van der Waals surface area contributed by atoms with E-state index in [1.807, 2.05) is 22.6 Å². The van der Waals surface area contributed by atoms with Crippen LogP contribution in [0.15, 0.2) is 22.8 Å². The molecule has 168 valence electrons. The first kappa shape index (κ1) is 23.6. The summed E-state index contributed by atoms with van der Waals surface area (Å²) in [5.41, 5.74) is -1.31. The lowest BCUT2D eigenvalue weighted by atomic mass is 10.1. The number of hydrogen-bond donors (Lipinski definition) is 0. The molecule has 0 fully saturated rings. The first-order valence-corrected chi connectivity index (χ1v) is 9.74. The third-order valence-corrected chi connectivity index (χ3v) is 5.07. The maximum atomic E-state index is 14.1. The Kier molecular flexibility index (Phi) is 6.53. The third kappa shape index (κ3) is 4.06. The van der Waals surface area contributed by atoms with Crippen molar-refractivity contribution in [2.45, 2.75) is 13.8 Å². The fourth-order valence-electron chi connectivity index (χ4n) is 2.85. The molecule has 0 bridgehead atoms. The van der Waals surface area contributed by atoms with Crippen molar-refractivity contribution < 1.29 is 41.0 Å². The van der Waals surface area contributed by atoms with Crippen molar-refractivity contribution in [3.8, 4) is 11.5 Å². The molecule has 12 heteroatoms. The Morgan fingerprint density at radius 3 is 2.16 bits per heavy atom. The van der Waals surface area contributed by atoms with Crippen molar-refractivity contribution in [1.29, 1.82) is 0 Å². The second-order valence-electron chi connectivity index (χ2n) is 6.41. The average molecular weight is 566 g/mol. The van der Waals surface area contributed by atoms with Gasteiger partial charge in [-0.05, 0) is 53.3 Å². The van der Waals surface area contributed by atoms with E-state index in [9.17, 15) is 31.5 Å². The number of nitrogens with zero attached hydrogens (tertiary/aromatic N) is 2. The zero-order valence-corrected chi connectivity index (χ0v) is 18.7. The fourth-order valence-corrected chi connectivity index (χ4v) is 3.58. The summed E-state index contributed by atoms with van der Waals surface area (Å²) in [7, 11) is 1.33. The van der Waals surface area contributed by atoms with Crippen molar-refractivity contribution >= 4 is 51.9 Å². The van der Waals surface area contributed by atoms with Gasteiger partial charge in [-0.3, -0.25) is 9.59 Å². The lowest BCUT2D eigenvalue weighted by Gasteiger charge is -2.15.